The molecule has 2 rings (SSSR count). The Morgan fingerprint density at radius 1 is 1.54 bits per heavy atom. The molecule has 0 heterocycles. The third-order valence-electron chi connectivity index (χ3n) is 2.60. The first-order chi connectivity index (χ1) is 6.22. The molecule has 0 saturated carbocycles. The molecule has 1 aliphatic carbocycles. The predicted molar refractivity (Wildman–Crippen MR) is 49.6 cm³/mol. The summed E-state index contributed by atoms with van der Waals surface area (Å²) in [7, 11) is 0. The number of benzene rings is 1. The first kappa shape index (κ1) is 8.97. The van der Waals surface area contributed by atoms with Crippen molar-refractivity contribution >= 4 is 11.6 Å². The Labute approximate surface area is 81.1 Å². The lowest BCUT2D eigenvalue weighted by atomic mass is 10.0. The zero-order valence-electron chi connectivity index (χ0n) is 7.06. The highest BCUT2D eigenvalue weighted by atomic mass is 35.5. The second-order valence-electron chi connectivity index (χ2n) is 3.37. The Bertz CT molecular complexity index is 338. The van der Waals surface area contributed by atoms with Gasteiger partial charge in [-0.3, -0.25) is 0 Å². The fourth-order valence-corrected chi connectivity index (χ4v) is 2.13. The van der Waals surface area contributed by atoms with Gasteiger partial charge in [0.15, 0.2) is 0 Å². The van der Waals surface area contributed by atoms with Crippen LogP contribution in [0.4, 0.5) is 4.39 Å². The molecule has 1 nitrogen and oxygen atoms in total. The molecule has 0 fully saturated rings. The molecule has 0 bridgehead atoms. The Kier molecular flexibility index (Phi) is 2.26. The average molecular weight is 201 g/mol. The molecule has 0 spiro atoms. The molecule has 1 N–H and O–H groups in total. The van der Waals surface area contributed by atoms with Crippen LogP contribution in [0.1, 0.15) is 23.5 Å². The second kappa shape index (κ2) is 3.28. The maximum atomic E-state index is 13.3. The molecule has 13 heavy (non-hydrogen) atoms. The summed E-state index contributed by atoms with van der Waals surface area (Å²) in [6, 6.07) is 3.09. The Morgan fingerprint density at radius 2 is 2.31 bits per heavy atom. The van der Waals surface area contributed by atoms with Gasteiger partial charge in [0.25, 0.3) is 0 Å². The van der Waals surface area contributed by atoms with Crippen LogP contribution in [0, 0.1) is 5.82 Å². The van der Waals surface area contributed by atoms with E-state index in [1.165, 1.54) is 6.07 Å². The van der Waals surface area contributed by atoms with Crippen LogP contribution in [0.25, 0.3) is 0 Å². The molecule has 0 aromatic heterocycles. The number of aliphatic hydroxyl groups excluding tert-OH is 1. The number of aliphatic hydroxyl groups is 1. The van der Waals surface area contributed by atoms with Gasteiger partial charge in [0, 0.05) is 17.5 Å². The smallest absolute Gasteiger partial charge is 0.128 e. The van der Waals surface area contributed by atoms with Gasteiger partial charge >= 0.3 is 0 Å². The van der Waals surface area contributed by atoms with E-state index < -0.39 is 0 Å². The Balaban J connectivity index is 2.51. The molecule has 1 unspecified atom stereocenters. The molecule has 3 heteroatoms. The molecule has 1 aliphatic rings. The summed E-state index contributed by atoms with van der Waals surface area (Å²) in [5.74, 6) is -0.165. The van der Waals surface area contributed by atoms with E-state index in [0.717, 1.165) is 17.5 Å². The lowest BCUT2D eigenvalue weighted by Crippen LogP contribution is -1.99. The number of hydrogen-bond donors (Lipinski definition) is 1. The highest BCUT2D eigenvalue weighted by molar-refractivity contribution is 6.30. The summed E-state index contributed by atoms with van der Waals surface area (Å²) in [6.07, 6.45) is 1.53. The van der Waals surface area contributed by atoms with Crippen LogP contribution in [0.5, 0.6) is 0 Å². The fourth-order valence-electron chi connectivity index (χ4n) is 1.92. The third-order valence-corrected chi connectivity index (χ3v) is 2.82. The monoisotopic (exact) mass is 200 g/mol. The van der Waals surface area contributed by atoms with Crippen LogP contribution in [-0.4, -0.2) is 11.7 Å². The minimum atomic E-state index is -0.238. The molecule has 0 saturated heterocycles. The Morgan fingerprint density at radius 3 is 3.00 bits per heavy atom. The molecular weight excluding hydrogens is 191 g/mol. The van der Waals surface area contributed by atoms with Crippen molar-refractivity contribution < 1.29 is 9.50 Å². The van der Waals surface area contributed by atoms with Gasteiger partial charge in [0.2, 0.25) is 0 Å². The molecule has 70 valence electrons. The van der Waals surface area contributed by atoms with Gasteiger partial charge in [-0.15, -0.1) is 0 Å². The van der Waals surface area contributed by atoms with Crippen LogP contribution >= 0.6 is 11.6 Å². The normalized spacial score (nSPS) is 20.4. The molecule has 1 aromatic rings. The van der Waals surface area contributed by atoms with Gasteiger partial charge in [0.05, 0.1) is 0 Å². The SMILES string of the molecule is OCC1CCc2c(F)cc(Cl)cc21. The summed E-state index contributed by atoms with van der Waals surface area (Å²) in [4.78, 5) is 0. The number of halogens is 2. The van der Waals surface area contributed by atoms with Crippen LogP contribution in [0.15, 0.2) is 12.1 Å². The van der Waals surface area contributed by atoms with Gasteiger partial charge in [-0.05, 0) is 36.1 Å². The first-order valence-corrected chi connectivity index (χ1v) is 4.69. The Hall–Kier alpha value is -0.600. The van der Waals surface area contributed by atoms with Crippen molar-refractivity contribution in [2.45, 2.75) is 18.8 Å². The first-order valence-electron chi connectivity index (χ1n) is 4.31. The van der Waals surface area contributed by atoms with Crippen LogP contribution < -0.4 is 0 Å². The van der Waals surface area contributed by atoms with E-state index in [0.29, 0.717) is 11.4 Å². The molecule has 0 aliphatic heterocycles. The maximum absolute atomic E-state index is 13.3. The van der Waals surface area contributed by atoms with E-state index in [9.17, 15) is 4.39 Å². The summed E-state index contributed by atoms with van der Waals surface area (Å²) in [6.45, 7) is 0.0762. The highest BCUT2D eigenvalue weighted by Crippen LogP contribution is 2.36. The van der Waals surface area contributed by atoms with Crippen LogP contribution in [0.3, 0.4) is 0 Å². The van der Waals surface area contributed by atoms with Crippen molar-refractivity contribution in [1.29, 1.82) is 0 Å². The minimum absolute atomic E-state index is 0.0724. The summed E-state index contributed by atoms with van der Waals surface area (Å²) >= 11 is 5.73. The summed E-state index contributed by atoms with van der Waals surface area (Å²) in [5.41, 5.74) is 1.61. The van der Waals surface area contributed by atoms with Gasteiger partial charge < -0.3 is 5.11 Å². The largest absolute Gasteiger partial charge is 0.396 e. The van der Waals surface area contributed by atoms with Crippen LogP contribution in [0.2, 0.25) is 5.02 Å². The molecule has 1 atom stereocenters. The van der Waals surface area contributed by atoms with Gasteiger partial charge in [-0.1, -0.05) is 11.6 Å². The fraction of sp³-hybridized carbons (Fsp3) is 0.400. The molecule has 0 amide bonds. The average Bonchev–Trinajstić information content (AvgIpc) is 2.47. The number of fused-ring (bicyclic) bond motifs is 1. The predicted octanol–water partition coefficient (Wildman–Crippen LogP) is 2.50. The third kappa shape index (κ3) is 1.45. The standard InChI is InChI=1S/C10H10ClFO/c11-7-3-9-6(5-13)1-2-8(9)10(12)4-7/h3-4,6,13H,1-2,5H2. The summed E-state index contributed by atoms with van der Waals surface area (Å²) in [5, 5.41) is 9.44. The van der Waals surface area contributed by atoms with E-state index >= 15 is 0 Å². The highest BCUT2D eigenvalue weighted by Gasteiger charge is 2.24. The van der Waals surface area contributed by atoms with Crippen molar-refractivity contribution in [1.82, 2.24) is 0 Å². The number of hydrogen-bond acceptors (Lipinski definition) is 1. The lowest BCUT2D eigenvalue weighted by molar-refractivity contribution is 0.265. The van der Waals surface area contributed by atoms with Gasteiger partial charge in [-0.25, -0.2) is 4.39 Å². The van der Waals surface area contributed by atoms with E-state index in [1.54, 1.807) is 6.07 Å². The lowest BCUT2D eigenvalue weighted by Gasteiger charge is -2.07. The van der Waals surface area contributed by atoms with Gasteiger partial charge in [0.1, 0.15) is 5.82 Å². The van der Waals surface area contributed by atoms with Crippen molar-refractivity contribution in [2.24, 2.45) is 0 Å². The number of rotatable bonds is 1. The van der Waals surface area contributed by atoms with E-state index in [-0.39, 0.29) is 18.3 Å². The van der Waals surface area contributed by atoms with E-state index in [4.69, 9.17) is 16.7 Å². The van der Waals surface area contributed by atoms with Gasteiger partial charge in [-0.2, -0.15) is 0 Å². The topological polar surface area (TPSA) is 20.2 Å². The zero-order chi connectivity index (χ0) is 9.42. The molecule has 1 aromatic carbocycles. The van der Waals surface area contributed by atoms with Crippen molar-refractivity contribution in [2.75, 3.05) is 6.61 Å². The van der Waals surface area contributed by atoms with Crippen molar-refractivity contribution in [3.63, 3.8) is 0 Å². The zero-order valence-corrected chi connectivity index (χ0v) is 7.81. The minimum Gasteiger partial charge on any atom is -0.396 e. The van der Waals surface area contributed by atoms with Crippen molar-refractivity contribution in [3.05, 3.63) is 34.1 Å². The second-order valence-corrected chi connectivity index (χ2v) is 3.81. The van der Waals surface area contributed by atoms with E-state index in [2.05, 4.69) is 0 Å². The van der Waals surface area contributed by atoms with Crippen LogP contribution in [-0.2, 0) is 6.42 Å². The summed E-state index contributed by atoms with van der Waals surface area (Å²) < 4.78 is 13.3. The quantitative estimate of drug-likeness (QED) is 0.739. The molecular formula is C10H10ClFO. The van der Waals surface area contributed by atoms with Crippen molar-refractivity contribution in [3.8, 4) is 0 Å². The molecule has 0 radical (unpaired) electrons. The maximum Gasteiger partial charge on any atom is 0.128 e. The van der Waals surface area contributed by atoms with E-state index in [1.807, 2.05) is 0 Å².